The molecule has 0 spiro atoms. The summed E-state index contributed by atoms with van der Waals surface area (Å²) in [4.78, 5) is 25.7. The van der Waals surface area contributed by atoms with Gasteiger partial charge in [0.2, 0.25) is 5.91 Å². The molecule has 6 nitrogen and oxygen atoms in total. The van der Waals surface area contributed by atoms with Crippen LogP contribution in [0.25, 0.3) is 0 Å². The fourth-order valence-corrected chi connectivity index (χ4v) is 1.89. The summed E-state index contributed by atoms with van der Waals surface area (Å²) >= 11 is 0. The Bertz CT molecular complexity index is 320. The average molecular weight is 271 g/mol. The molecule has 0 aromatic rings. The number of alkyl carbamates (subject to hydrolysis) is 1. The first-order chi connectivity index (χ1) is 8.83. The Kier molecular flexibility index (Phi) is 5.60. The van der Waals surface area contributed by atoms with Crippen LogP contribution >= 0.6 is 0 Å². The third-order valence-electron chi connectivity index (χ3n) is 2.83. The van der Waals surface area contributed by atoms with Crippen LogP contribution in [0.5, 0.6) is 0 Å². The van der Waals surface area contributed by atoms with E-state index in [1.54, 1.807) is 25.7 Å². The summed E-state index contributed by atoms with van der Waals surface area (Å²) < 4.78 is 5.17. The topological polar surface area (TPSA) is 70.7 Å². The van der Waals surface area contributed by atoms with Crippen LogP contribution in [0.4, 0.5) is 4.79 Å². The highest BCUT2D eigenvalue weighted by Crippen LogP contribution is 2.08. The highest BCUT2D eigenvalue weighted by atomic mass is 16.6. The zero-order chi connectivity index (χ0) is 14.5. The second-order valence-corrected chi connectivity index (χ2v) is 5.68. The molecule has 2 N–H and O–H groups in total. The van der Waals surface area contributed by atoms with Gasteiger partial charge in [-0.3, -0.25) is 4.79 Å². The first-order valence-electron chi connectivity index (χ1n) is 6.82. The monoisotopic (exact) mass is 271 g/mol. The lowest BCUT2D eigenvalue weighted by Gasteiger charge is -2.31. The summed E-state index contributed by atoms with van der Waals surface area (Å²) in [5.41, 5.74) is -0.555. The van der Waals surface area contributed by atoms with Gasteiger partial charge < -0.3 is 20.3 Å². The Hall–Kier alpha value is -1.30. The second-order valence-electron chi connectivity index (χ2n) is 5.68. The molecule has 0 aromatic carbocycles. The van der Waals surface area contributed by atoms with Crippen molar-refractivity contribution in [3.05, 3.63) is 0 Å². The smallest absolute Gasteiger partial charge is 0.408 e. The van der Waals surface area contributed by atoms with E-state index in [9.17, 15) is 9.59 Å². The van der Waals surface area contributed by atoms with Gasteiger partial charge in [0, 0.05) is 26.2 Å². The number of nitrogens with one attached hydrogen (secondary N) is 2. The molecule has 0 bridgehead atoms. The van der Waals surface area contributed by atoms with Crippen molar-refractivity contribution in [3.63, 3.8) is 0 Å². The fourth-order valence-electron chi connectivity index (χ4n) is 1.89. The number of piperazine rings is 1. The van der Waals surface area contributed by atoms with Crippen LogP contribution in [-0.2, 0) is 9.53 Å². The standard InChI is InChI=1S/C13H25N3O3/c1-5-10(15-12(18)19-13(2,3)4)11(17)16-8-6-14-7-9-16/h10,14H,5-9H2,1-4H3,(H,15,18)/t10-/m1/s1. The van der Waals surface area contributed by atoms with Crippen molar-refractivity contribution < 1.29 is 14.3 Å². The Labute approximate surface area is 114 Å². The minimum atomic E-state index is -0.555. The number of carbonyl (C=O) groups excluding carboxylic acids is 2. The van der Waals surface area contributed by atoms with E-state index in [1.165, 1.54) is 0 Å². The Morgan fingerprint density at radius 1 is 1.32 bits per heavy atom. The van der Waals surface area contributed by atoms with Crippen molar-refractivity contribution in [2.24, 2.45) is 0 Å². The lowest BCUT2D eigenvalue weighted by atomic mass is 10.2. The molecule has 110 valence electrons. The molecule has 0 aliphatic carbocycles. The number of ether oxygens (including phenoxy) is 1. The van der Waals surface area contributed by atoms with Gasteiger partial charge in [-0.25, -0.2) is 4.79 Å². The van der Waals surface area contributed by atoms with E-state index in [1.807, 2.05) is 6.92 Å². The molecular weight excluding hydrogens is 246 g/mol. The highest BCUT2D eigenvalue weighted by molar-refractivity contribution is 5.85. The average Bonchev–Trinajstić information content (AvgIpc) is 2.34. The summed E-state index contributed by atoms with van der Waals surface area (Å²) in [5.74, 6) is -0.0325. The van der Waals surface area contributed by atoms with Gasteiger partial charge in [-0.05, 0) is 27.2 Å². The third kappa shape index (κ3) is 5.46. The highest BCUT2D eigenvalue weighted by Gasteiger charge is 2.27. The Balaban J connectivity index is 2.52. The van der Waals surface area contributed by atoms with Crippen molar-refractivity contribution in [1.29, 1.82) is 0 Å². The normalized spacial score (nSPS) is 17.8. The molecule has 1 fully saturated rings. The molecule has 1 aliphatic rings. The molecule has 1 rings (SSSR count). The lowest BCUT2D eigenvalue weighted by molar-refractivity contribution is -0.134. The molecule has 0 saturated carbocycles. The lowest BCUT2D eigenvalue weighted by Crippen LogP contribution is -2.54. The maximum absolute atomic E-state index is 12.3. The van der Waals surface area contributed by atoms with Gasteiger partial charge in [-0.1, -0.05) is 6.92 Å². The van der Waals surface area contributed by atoms with E-state index < -0.39 is 17.7 Å². The Morgan fingerprint density at radius 2 is 1.89 bits per heavy atom. The van der Waals surface area contributed by atoms with Crippen LogP contribution in [-0.4, -0.2) is 54.7 Å². The first-order valence-corrected chi connectivity index (χ1v) is 6.82. The van der Waals surface area contributed by atoms with Crippen LogP contribution in [0.3, 0.4) is 0 Å². The molecule has 0 unspecified atom stereocenters. The Morgan fingerprint density at radius 3 is 2.37 bits per heavy atom. The zero-order valence-electron chi connectivity index (χ0n) is 12.3. The largest absolute Gasteiger partial charge is 0.444 e. The zero-order valence-corrected chi connectivity index (χ0v) is 12.3. The number of rotatable bonds is 3. The summed E-state index contributed by atoms with van der Waals surface area (Å²) in [5, 5.41) is 5.84. The molecule has 0 aromatic heterocycles. The van der Waals surface area contributed by atoms with Crippen molar-refractivity contribution >= 4 is 12.0 Å². The first kappa shape index (κ1) is 15.8. The van der Waals surface area contributed by atoms with Crippen LogP contribution in [0.15, 0.2) is 0 Å². The van der Waals surface area contributed by atoms with Gasteiger partial charge >= 0.3 is 6.09 Å². The summed E-state index contributed by atoms with van der Waals surface area (Å²) in [6, 6.07) is -0.507. The summed E-state index contributed by atoms with van der Waals surface area (Å²) in [6.07, 6.45) is 0.0185. The number of hydrogen-bond donors (Lipinski definition) is 2. The van der Waals surface area contributed by atoms with Crippen LogP contribution in [0.2, 0.25) is 0 Å². The minimum Gasteiger partial charge on any atom is -0.444 e. The van der Waals surface area contributed by atoms with Crippen molar-refractivity contribution in [3.8, 4) is 0 Å². The molecule has 6 heteroatoms. The van der Waals surface area contributed by atoms with Gasteiger partial charge in [0.15, 0.2) is 0 Å². The molecular formula is C13H25N3O3. The predicted octanol–water partition coefficient (Wildman–Crippen LogP) is 0.722. The number of nitrogens with zero attached hydrogens (tertiary/aromatic N) is 1. The maximum Gasteiger partial charge on any atom is 0.408 e. The number of amides is 2. The van der Waals surface area contributed by atoms with Crippen molar-refractivity contribution in [2.45, 2.75) is 45.8 Å². The van der Waals surface area contributed by atoms with E-state index in [4.69, 9.17) is 4.74 Å². The number of hydrogen-bond acceptors (Lipinski definition) is 4. The van der Waals surface area contributed by atoms with E-state index in [0.29, 0.717) is 19.5 Å². The van der Waals surface area contributed by atoms with Gasteiger partial charge in [0.1, 0.15) is 11.6 Å². The minimum absolute atomic E-state index is 0.0325. The summed E-state index contributed by atoms with van der Waals surface area (Å²) in [7, 11) is 0. The molecule has 19 heavy (non-hydrogen) atoms. The molecule has 1 aliphatic heterocycles. The second kappa shape index (κ2) is 6.75. The van der Waals surface area contributed by atoms with Gasteiger partial charge in [0.25, 0.3) is 0 Å². The van der Waals surface area contributed by atoms with Crippen LogP contribution < -0.4 is 10.6 Å². The maximum atomic E-state index is 12.3. The van der Waals surface area contributed by atoms with E-state index in [-0.39, 0.29) is 5.91 Å². The molecule has 2 amide bonds. The predicted molar refractivity (Wildman–Crippen MR) is 72.9 cm³/mol. The van der Waals surface area contributed by atoms with Gasteiger partial charge in [-0.2, -0.15) is 0 Å². The molecule has 1 heterocycles. The van der Waals surface area contributed by atoms with Gasteiger partial charge in [-0.15, -0.1) is 0 Å². The fraction of sp³-hybridized carbons (Fsp3) is 0.846. The molecule has 1 atom stereocenters. The van der Waals surface area contributed by atoms with Crippen molar-refractivity contribution in [1.82, 2.24) is 15.5 Å². The molecule has 0 radical (unpaired) electrons. The quantitative estimate of drug-likeness (QED) is 0.793. The van der Waals surface area contributed by atoms with Crippen LogP contribution in [0, 0.1) is 0 Å². The van der Waals surface area contributed by atoms with E-state index in [0.717, 1.165) is 13.1 Å². The van der Waals surface area contributed by atoms with Crippen molar-refractivity contribution in [2.75, 3.05) is 26.2 Å². The third-order valence-corrected chi connectivity index (χ3v) is 2.83. The van der Waals surface area contributed by atoms with Crippen LogP contribution in [0.1, 0.15) is 34.1 Å². The SMILES string of the molecule is CC[C@@H](NC(=O)OC(C)(C)C)C(=O)N1CCNCC1. The summed E-state index contributed by atoms with van der Waals surface area (Å²) in [6.45, 7) is 10.2. The molecule has 1 saturated heterocycles. The van der Waals surface area contributed by atoms with E-state index in [2.05, 4.69) is 10.6 Å². The van der Waals surface area contributed by atoms with E-state index >= 15 is 0 Å². The number of carbonyl (C=O) groups is 2. The van der Waals surface area contributed by atoms with Gasteiger partial charge in [0.05, 0.1) is 0 Å².